The lowest BCUT2D eigenvalue weighted by Crippen LogP contribution is -1.86. The lowest BCUT2D eigenvalue weighted by molar-refractivity contribution is 0.607. The summed E-state index contributed by atoms with van der Waals surface area (Å²) in [5.74, 6) is 0. The molecular formula is C11H20O2S. The zero-order valence-corrected chi connectivity index (χ0v) is 10.2. The molecule has 0 aliphatic rings. The van der Waals surface area contributed by atoms with Crippen LogP contribution < -0.4 is 0 Å². The molecule has 1 aromatic carbocycles. The molecule has 0 radical (unpaired) electrons. The molecule has 82 valence electrons. The van der Waals surface area contributed by atoms with E-state index in [9.17, 15) is 8.42 Å². The van der Waals surface area contributed by atoms with Crippen LogP contribution in [0.1, 0.15) is 20.3 Å². The third-order valence-corrected chi connectivity index (χ3v) is 0.667. The van der Waals surface area contributed by atoms with E-state index in [0.717, 1.165) is 12.5 Å². The maximum absolute atomic E-state index is 9.63. The van der Waals surface area contributed by atoms with Gasteiger partial charge in [-0.05, 0) is 0 Å². The Bertz CT molecular complexity index is 243. The second-order valence-electron chi connectivity index (χ2n) is 3.00. The van der Waals surface area contributed by atoms with Crippen LogP contribution in [-0.4, -0.2) is 20.9 Å². The molecule has 0 unspecified atom stereocenters. The van der Waals surface area contributed by atoms with Crippen LogP contribution in [0.2, 0.25) is 0 Å². The number of rotatable bonds is 0. The summed E-state index contributed by atoms with van der Waals surface area (Å²) in [6.07, 6.45) is 3.57. The van der Waals surface area contributed by atoms with Crippen LogP contribution >= 0.6 is 0 Å². The van der Waals surface area contributed by atoms with Crippen LogP contribution in [-0.2, 0) is 9.84 Å². The minimum absolute atomic E-state index is 1.16. The van der Waals surface area contributed by atoms with E-state index < -0.39 is 9.84 Å². The highest BCUT2D eigenvalue weighted by atomic mass is 32.2. The predicted octanol–water partition coefficient (Wildman–Crippen LogP) is 2.76. The van der Waals surface area contributed by atoms with Crippen molar-refractivity contribution in [1.29, 1.82) is 0 Å². The van der Waals surface area contributed by atoms with Gasteiger partial charge in [0.1, 0.15) is 9.84 Å². The van der Waals surface area contributed by atoms with Crippen LogP contribution in [0.15, 0.2) is 36.4 Å². The monoisotopic (exact) mass is 216 g/mol. The topological polar surface area (TPSA) is 34.1 Å². The third kappa shape index (κ3) is 43.2. The highest BCUT2D eigenvalue weighted by Crippen LogP contribution is 1.79. The predicted molar refractivity (Wildman–Crippen MR) is 63.2 cm³/mol. The normalized spacial score (nSPS) is 8.86. The molecule has 0 aliphatic heterocycles. The number of sulfone groups is 1. The molecule has 0 atom stereocenters. The summed E-state index contributed by atoms with van der Waals surface area (Å²) in [6, 6.07) is 12.0. The zero-order valence-electron chi connectivity index (χ0n) is 9.40. The van der Waals surface area contributed by atoms with Crippen LogP contribution in [0.3, 0.4) is 0 Å². The lowest BCUT2D eigenvalue weighted by Gasteiger charge is -1.69. The van der Waals surface area contributed by atoms with Crippen molar-refractivity contribution >= 4 is 9.84 Å². The van der Waals surface area contributed by atoms with Gasteiger partial charge in [0.05, 0.1) is 0 Å². The van der Waals surface area contributed by atoms with E-state index in [1.807, 2.05) is 36.4 Å². The Morgan fingerprint density at radius 3 is 0.929 bits per heavy atom. The molecule has 0 fully saturated rings. The summed E-state index contributed by atoms with van der Waals surface area (Å²) in [5, 5.41) is 0. The molecular weight excluding hydrogens is 196 g/mol. The molecule has 14 heavy (non-hydrogen) atoms. The van der Waals surface area contributed by atoms with E-state index in [-0.39, 0.29) is 0 Å². The molecule has 1 rings (SSSR count). The fourth-order valence-electron chi connectivity index (χ4n) is 0.385. The van der Waals surface area contributed by atoms with Crippen molar-refractivity contribution in [1.82, 2.24) is 0 Å². The highest BCUT2D eigenvalue weighted by Gasteiger charge is 1.79. The Morgan fingerprint density at radius 1 is 0.786 bits per heavy atom. The van der Waals surface area contributed by atoms with E-state index >= 15 is 0 Å². The van der Waals surface area contributed by atoms with E-state index in [1.165, 1.54) is 6.42 Å². The van der Waals surface area contributed by atoms with Gasteiger partial charge >= 0.3 is 0 Å². The minimum atomic E-state index is -2.67. The first-order valence-electron chi connectivity index (χ1n) is 4.56. The number of hydrogen-bond acceptors (Lipinski definition) is 2. The minimum Gasteiger partial charge on any atom is -0.229 e. The molecule has 0 aromatic heterocycles. The largest absolute Gasteiger partial charge is 0.229 e. The SMILES string of the molecule is CCC.CS(C)(=O)=O.c1ccccc1. The van der Waals surface area contributed by atoms with E-state index in [4.69, 9.17) is 0 Å². The first-order chi connectivity index (χ1) is 6.41. The summed E-state index contributed by atoms with van der Waals surface area (Å²) >= 11 is 0. The summed E-state index contributed by atoms with van der Waals surface area (Å²) in [7, 11) is -2.67. The molecule has 0 aliphatic carbocycles. The smallest absolute Gasteiger partial charge is 0.144 e. The molecule has 0 spiro atoms. The van der Waals surface area contributed by atoms with Crippen LogP contribution in [0.5, 0.6) is 0 Å². The highest BCUT2D eigenvalue weighted by molar-refractivity contribution is 7.89. The van der Waals surface area contributed by atoms with Crippen molar-refractivity contribution < 1.29 is 8.42 Å². The second-order valence-corrected chi connectivity index (χ2v) is 5.29. The summed E-state index contributed by atoms with van der Waals surface area (Å²) in [5.41, 5.74) is 0. The molecule has 0 N–H and O–H groups in total. The summed E-state index contributed by atoms with van der Waals surface area (Å²) < 4.78 is 19.3. The average Bonchev–Trinajstić information content (AvgIpc) is 2.06. The molecule has 2 nitrogen and oxygen atoms in total. The Balaban J connectivity index is 0. The van der Waals surface area contributed by atoms with Gasteiger partial charge in [-0.15, -0.1) is 0 Å². The Morgan fingerprint density at radius 2 is 0.857 bits per heavy atom. The van der Waals surface area contributed by atoms with Crippen molar-refractivity contribution in [3.05, 3.63) is 36.4 Å². The van der Waals surface area contributed by atoms with Gasteiger partial charge in [0.15, 0.2) is 0 Å². The molecule has 0 heterocycles. The van der Waals surface area contributed by atoms with Gasteiger partial charge in [-0.1, -0.05) is 56.7 Å². The first-order valence-corrected chi connectivity index (χ1v) is 6.86. The molecule has 0 amide bonds. The quantitative estimate of drug-likeness (QED) is 0.668. The van der Waals surface area contributed by atoms with Crippen LogP contribution in [0.25, 0.3) is 0 Å². The molecule has 0 bridgehead atoms. The Labute approximate surface area is 87.9 Å². The molecule has 0 saturated heterocycles. The fourth-order valence-corrected chi connectivity index (χ4v) is 0.385. The van der Waals surface area contributed by atoms with Crippen molar-refractivity contribution in [2.24, 2.45) is 0 Å². The standard InChI is InChI=1S/C6H6.C3H8.C2H6O2S/c1-2-4-6-5-3-1;1-3-2;1-5(2,3)4/h1-6H;3H2,1-2H3;1-2H3. The summed E-state index contributed by atoms with van der Waals surface area (Å²) in [6.45, 7) is 4.25. The molecule has 3 heteroatoms. The summed E-state index contributed by atoms with van der Waals surface area (Å²) in [4.78, 5) is 0. The maximum atomic E-state index is 9.63. The lowest BCUT2D eigenvalue weighted by atomic mass is 10.4. The van der Waals surface area contributed by atoms with Gasteiger partial charge in [-0.25, -0.2) is 8.42 Å². The van der Waals surface area contributed by atoms with E-state index in [1.54, 1.807) is 0 Å². The number of benzene rings is 1. The van der Waals surface area contributed by atoms with Crippen molar-refractivity contribution in [2.45, 2.75) is 20.3 Å². The fraction of sp³-hybridized carbons (Fsp3) is 0.455. The van der Waals surface area contributed by atoms with Crippen LogP contribution in [0.4, 0.5) is 0 Å². The van der Waals surface area contributed by atoms with E-state index in [2.05, 4.69) is 13.8 Å². The van der Waals surface area contributed by atoms with Gasteiger partial charge in [0, 0.05) is 12.5 Å². The van der Waals surface area contributed by atoms with Gasteiger partial charge in [0.2, 0.25) is 0 Å². The maximum Gasteiger partial charge on any atom is 0.144 e. The van der Waals surface area contributed by atoms with Crippen LogP contribution in [0, 0.1) is 0 Å². The average molecular weight is 216 g/mol. The van der Waals surface area contributed by atoms with Crippen molar-refractivity contribution in [3.8, 4) is 0 Å². The molecule has 0 saturated carbocycles. The first kappa shape index (κ1) is 15.6. The van der Waals surface area contributed by atoms with Gasteiger partial charge in [-0.2, -0.15) is 0 Å². The molecule has 1 aromatic rings. The van der Waals surface area contributed by atoms with Crippen molar-refractivity contribution in [3.63, 3.8) is 0 Å². The zero-order chi connectivity index (χ0) is 11.4. The Kier molecular flexibility index (Phi) is 11.4. The van der Waals surface area contributed by atoms with Gasteiger partial charge < -0.3 is 0 Å². The van der Waals surface area contributed by atoms with Crippen molar-refractivity contribution in [2.75, 3.05) is 12.5 Å². The third-order valence-electron chi connectivity index (χ3n) is 0.667. The van der Waals surface area contributed by atoms with E-state index in [0.29, 0.717) is 0 Å². The number of hydrogen-bond donors (Lipinski definition) is 0. The van der Waals surface area contributed by atoms with Gasteiger partial charge in [0.25, 0.3) is 0 Å². The Hall–Kier alpha value is -0.830. The second kappa shape index (κ2) is 10.3. The van der Waals surface area contributed by atoms with Gasteiger partial charge in [-0.3, -0.25) is 0 Å².